The molecule has 0 saturated heterocycles. The Hall–Kier alpha value is -2.37. The van der Waals surface area contributed by atoms with Crippen LogP contribution in [0.3, 0.4) is 0 Å². The molecule has 0 rings (SSSR count). The average molecular weight is 1070 g/mol. The Kier molecular flexibility index (Phi) is 63.1. The van der Waals surface area contributed by atoms with E-state index in [1.807, 2.05) is 0 Å². The van der Waals surface area contributed by atoms with Crippen LogP contribution in [0.25, 0.3) is 0 Å². The molecule has 0 aromatic heterocycles. The van der Waals surface area contributed by atoms with Crippen molar-refractivity contribution in [3.05, 3.63) is 36.5 Å². The van der Waals surface area contributed by atoms with Crippen molar-refractivity contribution >= 4 is 17.9 Å². The molecule has 0 aliphatic rings. The molecule has 0 amide bonds. The van der Waals surface area contributed by atoms with Crippen molar-refractivity contribution in [2.24, 2.45) is 0 Å². The fourth-order valence-corrected chi connectivity index (χ4v) is 10.3. The maximum absolute atomic E-state index is 12.9. The second-order valence-electron chi connectivity index (χ2n) is 23.1. The first kappa shape index (κ1) is 73.6. The van der Waals surface area contributed by atoms with Gasteiger partial charge in [0.2, 0.25) is 0 Å². The number of carbonyl (C=O) groups excluding carboxylic acids is 3. The fourth-order valence-electron chi connectivity index (χ4n) is 10.3. The molecule has 0 aromatic rings. The molecule has 0 aliphatic carbocycles. The van der Waals surface area contributed by atoms with E-state index in [4.69, 9.17) is 14.2 Å². The van der Waals surface area contributed by atoms with E-state index in [1.54, 1.807) is 0 Å². The largest absolute Gasteiger partial charge is 0.462 e. The van der Waals surface area contributed by atoms with Crippen molar-refractivity contribution in [3.8, 4) is 0 Å². The first-order valence-electron chi connectivity index (χ1n) is 34.0. The molecule has 0 N–H and O–H groups in total. The number of hydrogen-bond donors (Lipinski definition) is 0. The highest BCUT2D eigenvalue weighted by molar-refractivity contribution is 5.71. The maximum atomic E-state index is 12.9. The van der Waals surface area contributed by atoms with Gasteiger partial charge in [-0.05, 0) is 57.8 Å². The van der Waals surface area contributed by atoms with Crippen LogP contribution in [0.4, 0.5) is 0 Å². The highest BCUT2D eigenvalue weighted by atomic mass is 16.6. The van der Waals surface area contributed by atoms with E-state index in [0.717, 1.165) is 70.6 Å². The Morgan fingerprint density at radius 3 is 0.737 bits per heavy atom. The number of hydrogen-bond acceptors (Lipinski definition) is 6. The molecule has 0 bridgehead atoms. The minimum Gasteiger partial charge on any atom is -0.462 e. The van der Waals surface area contributed by atoms with Gasteiger partial charge in [-0.1, -0.05) is 333 Å². The minimum atomic E-state index is -0.767. The number of ether oxygens (including phenoxy) is 3. The maximum Gasteiger partial charge on any atom is 0.306 e. The minimum absolute atomic E-state index is 0.0658. The van der Waals surface area contributed by atoms with Gasteiger partial charge in [-0.15, -0.1) is 0 Å². The molecule has 1 unspecified atom stereocenters. The third-order valence-electron chi connectivity index (χ3n) is 15.4. The van der Waals surface area contributed by atoms with Gasteiger partial charge in [0.05, 0.1) is 0 Å². The van der Waals surface area contributed by atoms with Crippen LogP contribution < -0.4 is 0 Å². The van der Waals surface area contributed by atoms with Gasteiger partial charge in [0, 0.05) is 19.3 Å². The predicted octanol–water partition coefficient (Wildman–Crippen LogP) is 23.2. The monoisotopic (exact) mass is 1070 g/mol. The van der Waals surface area contributed by atoms with Crippen molar-refractivity contribution < 1.29 is 28.6 Å². The Bertz CT molecular complexity index is 1270. The summed E-state index contributed by atoms with van der Waals surface area (Å²) in [6.45, 7) is 6.68. The van der Waals surface area contributed by atoms with Crippen LogP contribution in [-0.4, -0.2) is 37.2 Å². The summed E-state index contributed by atoms with van der Waals surface area (Å²) in [5, 5.41) is 0. The zero-order chi connectivity index (χ0) is 55.0. The Balaban J connectivity index is 4.14. The van der Waals surface area contributed by atoms with Crippen LogP contribution in [0, 0.1) is 0 Å². The number of allylic oxidation sites excluding steroid dienone is 6. The topological polar surface area (TPSA) is 78.9 Å². The Morgan fingerprint density at radius 1 is 0.263 bits per heavy atom. The number of unbranched alkanes of at least 4 members (excludes halogenated alkanes) is 46. The third-order valence-corrected chi connectivity index (χ3v) is 15.4. The van der Waals surface area contributed by atoms with Crippen molar-refractivity contribution in [3.63, 3.8) is 0 Å². The summed E-state index contributed by atoms with van der Waals surface area (Å²) in [5.74, 6) is -0.841. The van der Waals surface area contributed by atoms with Gasteiger partial charge >= 0.3 is 17.9 Å². The summed E-state index contributed by atoms with van der Waals surface area (Å²) in [5.41, 5.74) is 0. The molecule has 76 heavy (non-hydrogen) atoms. The molecular formula is C70H130O6. The van der Waals surface area contributed by atoms with Gasteiger partial charge in [-0.2, -0.15) is 0 Å². The summed E-state index contributed by atoms with van der Waals surface area (Å²) in [4.78, 5) is 38.3. The van der Waals surface area contributed by atoms with Gasteiger partial charge in [0.25, 0.3) is 0 Å². The molecule has 0 aliphatic heterocycles. The fraction of sp³-hybridized carbons (Fsp3) is 0.871. The number of carbonyl (C=O) groups is 3. The zero-order valence-corrected chi connectivity index (χ0v) is 51.3. The van der Waals surface area contributed by atoms with Crippen molar-refractivity contribution in [2.45, 2.75) is 380 Å². The average Bonchev–Trinajstić information content (AvgIpc) is 3.42. The van der Waals surface area contributed by atoms with Gasteiger partial charge in [-0.3, -0.25) is 14.4 Å². The highest BCUT2D eigenvalue weighted by Crippen LogP contribution is 2.18. The summed E-state index contributed by atoms with van der Waals surface area (Å²) < 4.78 is 16.9. The van der Waals surface area contributed by atoms with Crippen LogP contribution in [0.5, 0.6) is 0 Å². The van der Waals surface area contributed by atoms with Crippen molar-refractivity contribution in [1.82, 2.24) is 0 Å². The quantitative estimate of drug-likeness (QED) is 0.0261. The van der Waals surface area contributed by atoms with E-state index in [1.165, 1.54) is 263 Å². The van der Waals surface area contributed by atoms with Crippen LogP contribution in [0.15, 0.2) is 36.5 Å². The highest BCUT2D eigenvalue weighted by Gasteiger charge is 2.19. The van der Waals surface area contributed by atoms with Crippen molar-refractivity contribution in [1.29, 1.82) is 0 Å². The standard InChI is InChI=1S/C70H130O6/c1-4-7-10-13-16-19-22-24-26-28-30-31-32-33-34-35-36-37-38-39-41-42-44-46-48-51-54-57-60-63-69(72)75-66-67(65-74-68(71)62-59-56-53-50-21-18-15-12-9-6-3)76-70(73)64-61-58-55-52-49-47-45-43-40-29-27-25-23-20-17-14-11-8-5-2/h22,24,28,30,32-33,67H,4-21,23,25-27,29,31,34-66H2,1-3H3/b24-22-,30-28-,33-32-. The molecule has 0 aromatic carbocycles. The van der Waals surface area contributed by atoms with E-state index in [0.29, 0.717) is 19.3 Å². The summed E-state index contributed by atoms with van der Waals surface area (Å²) in [6, 6.07) is 0. The molecule has 0 fully saturated rings. The zero-order valence-electron chi connectivity index (χ0n) is 51.3. The molecule has 0 spiro atoms. The lowest BCUT2D eigenvalue weighted by Crippen LogP contribution is -2.30. The second-order valence-corrected chi connectivity index (χ2v) is 23.1. The Labute approximate surface area is 474 Å². The van der Waals surface area contributed by atoms with Gasteiger partial charge in [-0.25, -0.2) is 0 Å². The Morgan fingerprint density at radius 2 is 0.474 bits per heavy atom. The summed E-state index contributed by atoms with van der Waals surface area (Å²) >= 11 is 0. The van der Waals surface area contributed by atoms with E-state index in [9.17, 15) is 14.4 Å². The number of rotatable bonds is 63. The molecule has 6 heteroatoms. The van der Waals surface area contributed by atoms with Gasteiger partial charge in [0.15, 0.2) is 6.10 Å². The smallest absolute Gasteiger partial charge is 0.306 e. The van der Waals surface area contributed by atoms with Crippen LogP contribution in [-0.2, 0) is 28.6 Å². The van der Waals surface area contributed by atoms with Crippen LogP contribution in [0.1, 0.15) is 374 Å². The summed E-state index contributed by atoms with van der Waals surface area (Å²) in [6.07, 6.45) is 80.3. The molecule has 1 atom stereocenters. The van der Waals surface area contributed by atoms with Gasteiger partial charge < -0.3 is 14.2 Å². The van der Waals surface area contributed by atoms with E-state index in [2.05, 4.69) is 57.2 Å². The summed E-state index contributed by atoms with van der Waals surface area (Å²) in [7, 11) is 0. The molecule has 6 nitrogen and oxygen atoms in total. The van der Waals surface area contributed by atoms with Crippen LogP contribution >= 0.6 is 0 Å². The first-order valence-corrected chi connectivity index (χ1v) is 34.0. The normalized spacial score (nSPS) is 12.2. The van der Waals surface area contributed by atoms with Crippen molar-refractivity contribution in [2.75, 3.05) is 13.2 Å². The molecule has 0 saturated carbocycles. The molecule has 0 radical (unpaired) electrons. The molecular weight excluding hydrogens is 937 g/mol. The second kappa shape index (κ2) is 65.2. The SMILES string of the molecule is CCCCCCC/C=C\C/C=C\C/C=C\CCCCCCCCCCCCCCCCC(=O)OCC(COC(=O)CCCCCCCCCCCC)OC(=O)CCCCCCCCCCCCCCCCCCCCC. The lowest BCUT2D eigenvalue weighted by atomic mass is 10.0. The number of esters is 3. The lowest BCUT2D eigenvalue weighted by molar-refractivity contribution is -0.167. The predicted molar refractivity (Wildman–Crippen MR) is 330 cm³/mol. The third kappa shape index (κ3) is 62.5. The lowest BCUT2D eigenvalue weighted by Gasteiger charge is -2.18. The van der Waals surface area contributed by atoms with Gasteiger partial charge in [0.1, 0.15) is 13.2 Å². The first-order chi connectivity index (χ1) is 37.5. The van der Waals surface area contributed by atoms with E-state index >= 15 is 0 Å². The van der Waals surface area contributed by atoms with E-state index < -0.39 is 6.10 Å². The molecule has 446 valence electrons. The molecule has 0 heterocycles. The van der Waals surface area contributed by atoms with E-state index in [-0.39, 0.29) is 31.1 Å². The van der Waals surface area contributed by atoms with Crippen LogP contribution in [0.2, 0.25) is 0 Å².